The van der Waals surface area contributed by atoms with Gasteiger partial charge in [0.25, 0.3) is 0 Å². The molecule has 0 aromatic carbocycles. The van der Waals surface area contributed by atoms with Crippen LogP contribution >= 0.6 is 0 Å². The lowest BCUT2D eigenvalue weighted by Gasteiger charge is -2.64. The predicted octanol–water partition coefficient (Wildman–Crippen LogP) is 1.94. The van der Waals surface area contributed by atoms with Crippen LogP contribution in [0.15, 0.2) is 23.3 Å². The SMILES string of the molecule is C[C@H]1O[C@H]2O[C@@H]3C[C@@H]4CC[C@@H]5[C@H](CC[C@]6(C)[C@@H](C7=CC(=O)OC7)CC[C@]56O)[C@@]4(C=O)C[C@H]3O[C@@]2(O)[C@H](O)[C@@H]1O.C[C@H]1O[C@H]2O[C@@H]3C[C@@H]4CC[C@@H]5[C@H](CC[C@]6(C)[C@@H](C7=CC(=O)OC7)CC[C@]56O)[C@@]4(C=O)C[C@H]3O[C@@]2(O)[C@H](O)[C@@H]1O. The smallest absolute Gasteiger partial charge is 0.331 e. The normalized spacial score (nSPS) is 58.2. The van der Waals surface area contributed by atoms with Gasteiger partial charge in [-0.25, -0.2) is 9.59 Å². The maximum absolute atomic E-state index is 13.1. The molecule has 432 valence electrons. The lowest BCUT2D eigenvalue weighted by Crippen LogP contribution is -2.73. The Morgan fingerprint density at radius 2 is 0.910 bits per heavy atom. The van der Waals surface area contributed by atoms with Crippen LogP contribution in [0.5, 0.6) is 0 Å². The highest BCUT2D eigenvalue weighted by Gasteiger charge is 2.74. The number of carbonyl (C=O) groups is 4. The van der Waals surface area contributed by atoms with Crippen LogP contribution in [0.25, 0.3) is 0 Å². The van der Waals surface area contributed by atoms with Crippen LogP contribution in [0.2, 0.25) is 0 Å². The van der Waals surface area contributed by atoms with E-state index in [-0.39, 0.29) is 72.5 Å². The van der Waals surface area contributed by atoms with Gasteiger partial charge in [-0.1, -0.05) is 13.8 Å². The van der Waals surface area contributed by atoms with Gasteiger partial charge in [0.15, 0.2) is 0 Å². The Bertz CT molecular complexity index is 2360. The molecule has 6 aliphatic heterocycles. The molecule has 20 nitrogen and oxygen atoms in total. The van der Waals surface area contributed by atoms with Crippen molar-refractivity contribution in [2.75, 3.05) is 13.2 Å². The van der Waals surface area contributed by atoms with Crippen molar-refractivity contribution in [1.29, 1.82) is 0 Å². The zero-order valence-electron chi connectivity index (χ0n) is 45.1. The van der Waals surface area contributed by atoms with Gasteiger partial charge in [-0.15, -0.1) is 0 Å². The van der Waals surface area contributed by atoms with Gasteiger partial charge in [0.2, 0.25) is 24.2 Å². The molecule has 12 fully saturated rings. The van der Waals surface area contributed by atoms with Crippen molar-refractivity contribution in [2.24, 2.45) is 69.0 Å². The van der Waals surface area contributed by atoms with E-state index in [9.17, 15) is 60.0 Å². The Hall–Kier alpha value is -2.80. The number of aliphatic hydroxyl groups is 8. The molecule has 78 heavy (non-hydrogen) atoms. The van der Waals surface area contributed by atoms with Gasteiger partial charge in [0.05, 0.1) is 47.8 Å². The van der Waals surface area contributed by atoms with Crippen molar-refractivity contribution in [3.8, 4) is 0 Å². The van der Waals surface area contributed by atoms with Crippen LogP contribution in [-0.4, -0.2) is 175 Å². The molecular formula is C58H80O20. The van der Waals surface area contributed by atoms with Crippen LogP contribution in [0.3, 0.4) is 0 Å². The summed E-state index contributed by atoms with van der Waals surface area (Å²) in [4.78, 5) is 49.9. The maximum atomic E-state index is 13.1. The summed E-state index contributed by atoms with van der Waals surface area (Å²) < 4.78 is 46.4. The average Bonchev–Trinajstić information content (AvgIpc) is 4.13. The second kappa shape index (κ2) is 18.3. The van der Waals surface area contributed by atoms with Crippen molar-refractivity contribution in [3.63, 3.8) is 0 Å². The van der Waals surface area contributed by atoms with E-state index in [1.807, 2.05) is 0 Å². The highest BCUT2D eigenvalue weighted by molar-refractivity contribution is 5.86. The van der Waals surface area contributed by atoms with Crippen molar-refractivity contribution in [3.05, 3.63) is 23.3 Å². The van der Waals surface area contributed by atoms with Gasteiger partial charge in [0.1, 0.15) is 50.2 Å². The first-order valence-electron chi connectivity index (χ1n) is 29.2. The third-order valence-corrected chi connectivity index (χ3v) is 24.6. The minimum atomic E-state index is -2.24. The van der Waals surface area contributed by atoms with Crippen LogP contribution in [-0.2, 0) is 57.1 Å². The predicted molar refractivity (Wildman–Crippen MR) is 265 cm³/mol. The molecule has 0 bridgehead atoms. The van der Waals surface area contributed by atoms with E-state index >= 15 is 0 Å². The maximum Gasteiger partial charge on any atom is 0.331 e. The molecular weight excluding hydrogens is 1020 g/mol. The number of aldehydes is 2. The van der Waals surface area contributed by atoms with Crippen LogP contribution < -0.4 is 0 Å². The number of rotatable bonds is 4. The van der Waals surface area contributed by atoms with E-state index in [0.29, 0.717) is 38.5 Å². The number of carbonyl (C=O) groups excluding carboxylic acids is 4. The summed E-state index contributed by atoms with van der Waals surface area (Å²) in [5.41, 5.74) is -2.34. The monoisotopic (exact) mass is 1100 g/mol. The number of cyclic esters (lactones) is 2. The van der Waals surface area contributed by atoms with Crippen molar-refractivity contribution >= 4 is 24.5 Å². The molecule has 0 aromatic rings. The third kappa shape index (κ3) is 7.26. The Morgan fingerprint density at radius 1 is 0.513 bits per heavy atom. The van der Waals surface area contributed by atoms with E-state index in [0.717, 1.165) is 87.9 Å². The zero-order chi connectivity index (χ0) is 55.1. The Balaban J connectivity index is 0.000000148. The minimum Gasteiger partial charge on any atom is -0.458 e. The molecule has 8 aliphatic carbocycles. The first kappa shape index (κ1) is 54.4. The molecule has 20 heteroatoms. The highest BCUT2D eigenvalue weighted by Crippen LogP contribution is 2.72. The van der Waals surface area contributed by atoms with Gasteiger partial charge in [0, 0.05) is 33.8 Å². The van der Waals surface area contributed by atoms with Gasteiger partial charge >= 0.3 is 11.9 Å². The Kier molecular flexibility index (Phi) is 12.8. The molecule has 14 rings (SSSR count). The topological polar surface area (TPSA) is 304 Å². The molecule has 8 N–H and O–H groups in total. The molecule has 0 aromatic heterocycles. The second-order valence-corrected chi connectivity index (χ2v) is 27.3. The zero-order valence-corrected chi connectivity index (χ0v) is 45.1. The number of hydrogen-bond donors (Lipinski definition) is 8. The molecule has 0 spiro atoms. The number of ether oxygens (including phenoxy) is 8. The second-order valence-electron chi connectivity index (χ2n) is 27.3. The van der Waals surface area contributed by atoms with Gasteiger partial charge in [-0.05, 0) is 175 Å². The van der Waals surface area contributed by atoms with E-state index in [1.165, 1.54) is 0 Å². The average molecular weight is 1100 g/mol. The largest absolute Gasteiger partial charge is 0.458 e. The van der Waals surface area contributed by atoms with Gasteiger partial charge < -0.3 is 88.3 Å². The van der Waals surface area contributed by atoms with E-state index < -0.39 is 118 Å². The summed E-state index contributed by atoms with van der Waals surface area (Å²) >= 11 is 0. The molecule has 8 saturated carbocycles. The number of esters is 2. The van der Waals surface area contributed by atoms with Crippen molar-refractivity contribution in [2.45, 2.75) is 227 Å². The lowest BCUT2D eigenvalue weighted by molar-refractivity contribution is -0.468. The van der Waals surface area contributed by atoms with E-state index in [4.69, 9.17) is 37.9 Å². The van der Waals surface area contributed by atoms with Crippen LogP contribution in [0.1, 0.15) is 130 Å². The van der Waals surface area contributed by atoms with E-state index in [1.54, 1.807) is 26.0 Å². The summed E-state index contributed by atoms with van der Waals surface area (Å²) in [6, 6.07) is 0. The summed E-state index contributed by atoms with van der Waals surface area (Å²) in [5.74, 6) is -5.18. The van der Waals surface area contributed by atoms with Gasteiger partial charge in [-0.3, -0.25) is 0 Å². The number of fused-ring (bicyclic) bond motifs is 14. The first-order chi connectivity index (χ1) is 36.9. The summed E-state index contributed by atoms with van der Waals surface area (Å²) in [6.07, 6.45) is 3.95. The third-order valence-electron chi connectivity index (χ3n) is 24.6. The Labute approximate surface area is 453 Å². The number of hydrogen-bond acceptors (Lipinski definition) is 20. The molecule has 28 atom stereocenters. The fourth-order valence-corrected chi connectivity index (χ4v) is 20.4. The summed E-state index contributed by atoms with van der Waals surface area (Å²) in [5, 5.41) is 89.5. The Morgan fingerprint density at radius 3 is 1.27 bits per heavy atom. The molecule has 6 heterocycles. The molecule has 0 unspecified atom stereocenters. The quantitative estimate of drug-likeness (QED) is 0.113. The standard InChI is InChI=1S/2C29H40O10/c2*1-14-23(32)24(33)29(35)25(37-14)38-20-10-16-3-4-19-18(27(16,13-30)11-21(20)39-29)5-7-26(2)17(6-8-28(19,26)34)15-9-22(31)36-12-15/h2*9,13-14,16-21,23-25,32-35H,3-8,10-12H2,1-2H3/t2*14-,16+,17-,18+,19-,20-,21-,23-,24-,25+,26-,27-,28+,29+/m11/s1. The molecule has 4 saturated heterocycles. The lowest BCUT2D eigenvalue weighted by atomic mass is 9.42. The molecule has 14 aliphatic rings. The molecule has 0 radical (unpaired) electrons. The van der Waals surface area contributed by atoms with Crippen LogP contribution in [0.4, 0.5) is 0 Å². The van der Waals surface area contributed by atoms with Crippen molar-refractivity contribution < 1.29 is 97.9 Å². The first-order valence-corrected chi connectivity index (χ1v) is 29.2. The highest BCUT2D eigenvalue weighted by atomic mass is 16.8. The van der Waals surface area contributed by atoms with Crippen LogP contribution in [0, 0.1) is 69.0 Å². The van der Waals surface area contributed by atoms with E-state index in [2.05, 4.69) is 13.8 Å². The van der Waals surface area contributed by atoms with Gasteiger partial charge in [-0.2, -0.15) is 0 Å². The summed E-state index contributed by atoms with van der Waals surface area (Å²) in [6.45, 7) is 8.07. The number of aliphatic hydroxyl groups excluding tert-OH is 4. The minimum absolute atomic E-state index is 0.0394. The van der Waals surface area contributed by atoms with Crippen molar-refractivity contribution in [1.82, 2.24) is 0 Å². The fourth-order valence-electron chi connectivity index (χ4n) is 20.4. The fraction of sp³-hybridized carbons (Fsp3) is 0.862. The summed E-state index contributed by atoms with van der Waals surface area (Å²) in [7, 11) is 0. The molecule has 0 amide bonds.